The molecule has 0 atom stereocenters. The van der Waals surface area contributed by atoms with Crippen molar-refractivity contribution < 1.29 is 17.5 Å². The first-order valence-corrected chi connectivity index (χ1v) is 13.9. The van der Waals surface area contributed by atoms with Crippen LogP contribution in [0.25, 0.3) is 11.4 Å². The number of hydrogen-bond donors (Lipinski definition) is 0. The van der Waals surface area contributed by atoms with E-state index in [1.165, 1.54) is 16.4 Å². The van der Waals surface area contributed by atoms with E-state index in [0.29, 0.717) is 49.7 Å². The van der Waals surface area contributed by atoms with Crippen molar-refractivity contribution in [3.05, 3.63) is 102 Å². The summed E-state index contributed by atoms with van der Waals surface area (Å²) in [4.78, 5) is 12.0. The monoisotopic (exact) mass is 532 g/mol. The summed E-state index contributed by atoms with van der Waals surface area (Å²) in [6.45, 7) is 3.51. The fraction of sp³-hybridized carbons (Fsp3) is 0.241. The molecule has 0 bridgehead atoms. The molecule has 5 rings (SSSR count). The van der Waals surface area contributed by atoms with Gasteiger partial charge in [-0.2, -0.15) is 4.31 Å². The van der Waals surface area contributed by atoms with Crippen LogP contribution in [0.2, 0.25) is 0 Å². The molecule has 1 saturated heterocycles. The Morgan fingerprint density at radius 1 is 0.895 bits per heavy atom. The van der Waals surface area contributed by atoms with E-state index >= 15 is 0 Å². The first-order valence-electron chi connectivity index (χ1n) is 12.4. The van der Waals surface area contributed by atoms with E-state index in [1.54, 1.807) is 43.5 Å². The van der Waals surface area contributed by atoms with Gasteiger partial charge in [-0.15, -0.1) is 0 Å². The highest BCUT2D eigenvalue weighted by molar-refractivity contribution is 7.89. The zero-order valence-corrected chi connectivity index (χ0v) is 22.2. The second-order valence-electron chi connectivity index (χ2n) is 9.17. The average molecular weight is 533 g/mol. The van der Waals surface area contributed by atoms with Gasteiger partial charge in [-0.25, -0.2) is 22.8 Å². The van der Waals surface area contributed by atoms with Crippen LogP contribution in [0.1, 0.15) is 16.8 Å². The summed E-state index contributed by atoms with van der Waals surface area (Å²) >= 11 is 0. The Kier molecular flexibility index (Phi) is 7.40. The maximum Gasteiger partial charge on any atom is 0.243 e. The lowest BCUT2D eigenvalue weighted by molar-refractivity contribution is 0.383. The molecule has 1 aromatic heterocycles. The van der Waals surface area contributed by atoms with E-state index in [0.717, 1.165) is 22.6 Å². The molecule has 0 amide bonds. The van der Waals surface area contributed by atoms with Gasteiger partial charge in [0.25, 0.3) is 0 Å². The van der Waals surface area contributed by atoms with E-state index in [4.69, 9.17) is 14.7 Å². The fourth-order valence-electron chi connectivity index (χ4n) is 4.64. The van der Waals surface area contributed by atoms with Crippen molar-refractivity contribution in [1.82, 2.24) is 14.3 Å². The van der Waals surface area contributed by atoms with Gasteiger partial charge in [-0.3, -0.25) is 0 Å². The lowest BCUT2D eigenvalue weighted by Crippen LogP contribution is -2.49. The first kappa shape index (κ1) is 25.8. The lowest BCUT2D eigenvalue weighted by atomic mass is 10.0. The first-order chi connectivity index (χ1) is 18.3. The quantitative estimate of drug-likeness (QED) is 0.344. The van der Waals surface area contributed by atoms with Crippen LogP contribution in [0.3, 0.4) is 0 Å². The normalized spacial score (nSPS) is 14.4. The third-order valence-corrected chi connectivity index (χ3v) is 8.65. The molecule has 196 valence electrons. The molecule has 4 aromatic rings. The number of rotatable bonds is 7. The van der Waals surface area contributed by atoms with Crippen LogP contribution in [0.5, 0.6) is 5.75 Å². The van der Waals surface area contributed by atoms with Crippen molar-refractivity contribution in [2.75, 3.05) is 38.2 Å². The summed E-state index contributed by atoms with van der Waals surface area (Å²) in [7, 11) is -2.09. The summed E-state index contributed by atoms with van der Waals surface area (Å²) in [6.07, 6.45) is 0.635. The van der Waals surface area contributed by atoms with Crippen molar-refractivity contribution in [3.63, 3.8) is 0 Å². The molecular formula is C29H29FN4O3S. The Morgan fingerprint density at radius 2 is 1.61 bits per heavy atom. The molecule has 7 nitrogen and oxygen atoms in total. The van der Waals surface area contributed by atoms with E-state index in [-0.39, 0.29) is 10.7 Å². The molecule has 3 aromatic carbocycles. The number of halogens is 1. The predicted molar refractivity (Wildman–Crippen MR) is 145 cm³/mol. The molecular weight excluding hydrogens is 503 g/mol. The highest BCUT2D eigenvalue weighted by Gasteiger charge is 2.30. The van der Waals surface area contributed by atoms with Crippen LogP contribution in [-0.4, -0.2) is 56.0 Å². The number of sulfonamides is 1. The molecule has 1 aliphatic heterocycles. The van der Waals surface area contributed by atoms with Gasteiger partial charge in [-0.1, -0.05) is 42.5 Å². The van der Waals surface area contributed by atoms with Crippen LogP contribution >= 0.6 is 0 Å². The number of anilines is 1. The van der Waals surface area contributed by atoms with Gasteiger partial charge >= 0.3 is 0 Å². The third-order valence-electron chi connectivity index (χ3n) is 6.73. The fourth-order valence-corrected chi connectivity index (χ4v) is 6.07. The molecule has 1 aliphatic rings. The second-order valence-corrected chi connectivity index (χ2v) is 11.1. The maximum atomic E-state index is 14.0. The minimum absolute atomic E-state index is 0.239. The lowest BCUT2D eigenvalue weighted by Gasteiger charge is -2.36. The number of methoxy groups -OCH3 is 1. The second kappa shape index (κ2) is 10.9. The topological polar surface area (TPSA) is 75.6 Å². The summed E-state index contributed by atoms with van der Waals surface area (Å²) in [6, 6.07) is 22.8. The highest BCUT2D eigenvalue weighted by atomic mass is 32.2. The van der Waals surface area contributed by atoms with Gasteiger partial charge in [0.1, 0.15) is 17.4 Å². The SMILES string of the molecule is COc1ccc(S(=O)(=O)N2CCN(c3nc(-c4cccc(F)c4)nc(C)c3Cc3ccccc3)CC2)cc1. The molecule has 0 aliphatic carbocycles. The number of nitrogens with zero attached hydrogens (tertiary/aromatic N) is 4. The Morgan fingerprint density at radius 3 is 2.26 bits per heavy atom. The Balaban J connectivity index is 1.45. The van der Waals surface area contributed by atoms with Crippen LogP contribution in [0.4, 0.5) is 10.2 Å². The molecule has 2 heterocycles. The van der Waals surface area contributed by atoms with Crippen molar-refractivity contribution in [2.24, 2.45) is 0 Å². The summed E-state index contributed by atoms with van der Waals surface area (Å²) in [5, 5.41) is 0. The summed E-state index contributed by atoms with van der Waals surface area (Å²) in [5.74, 6) is 1.45. The number of aryl methyl sites for hydroxylation is 1. The zero-order chi connectivity index (χ0) is 26.7. The molecule has 0 unspecified atom stereocenters. The van der Waals surface area contributed by atoms with Crippen molar-refractivity contribution in [3.8, 4) is 17.1 Å². The van der Waals surface area contributed by atoms with E-state index in [1.807, 2.05) is 25.1 Å². The van der Waals surface area contributed by atoms with E-state index in [2.05, 4.69) is 17.0 Å². The molecule has 1 fully saturated rings. The molecule has 38 heavy (non-hydrogen) atoms. The van der Waals surface area contributed by atoms with Gasteiger partial charge in [0, 0.05) is 49.4 Å². The van der Waals surface area contributed by atoms with Crippen molar-refractivity contribution >= 4 is 15.8 Å². The Bertz CT molecular complexity index is 1520. The third kappa shape index (κ3) is 5.39. The zero-order valence-electron chi connectivity index (χ0n) is 21.3. The molecule has 0 radical (unpaired) electrons. The van der Waals surface area contributed by atoms with Crippen molar-refractivity contribution in [1.29, 1.82) is 0 Å². The van der Waals surface area contributed by atoms with E-state index < -0.39 is 10.0 Å². The summed E-state index contributed by atoms with van der Waals surface area (Å²) < 4.78 is 47.2. The maximum absolute atomic E-state index is 14.0. The number of hydrogen-bond acceptors (Lipinski definition) is 6. The predicted octanol–water partition coefficient (Wildman–Crippen LogP) is 4.70. The van der Waals surface area contributed by atoms with Crippen LogP contribution in [0.15, 0.2) is 83.8 Å². The van der Waals surface area contributed by atoms with Gasteiger partial charge in [-0.05, 0) is 48.9 Å². The van der Waals surface area contributed by atoms with Gasteiger partial charge in [0.2, 0.25) is 10.0 Å². The van der Waals surface area contributed by atoms with Gasteiger partial charge in [0.05, 0.1) is 12.0 Å². The Hall–Kier alpha value is -3.82. The van der Waals surface area contributed by atoms with Crippen LogP contribution < -0.4 is 9.64 Å². The van der Waals surface area contributed by atoms with E-state index in [9.17, 15) is 12.8 Å². The number of ether oxygens (including phenoxy) is 1. The Labute approximate surface area is 222 Å². The molecule has 9 heteroatoms. The molecule has 0 saturated carbocycles. The molecule has 0 spiro atoms. The van der Waals surface area contributed by atoms with Gasteiger partial charge < -0.3 is 9.64 Å². The number of aromatic nitrogens is 2. The highest BCUT2D eigenvalue weighted by Crippen LogP contribution is 2.29. The van der Waals surface area contributed by atoms with Gasteiger partial charge in [0.15, 0.2) is 5.82 Å². The van der Waals surface area contributed by atoms with Crippen LogP contribution in [0, 0.1) is 12.7 Å². The minimum atomic E-state index is -3.64. The standard InChI is InChI=1S/C29H29FN4O3S/c1-21-27(19-22-7-4-3-5-8-22)29(32-28(31-21)23-9-6-10-24(30)20-23)33-15-17-34(18-16-33)38(35,36)26-13-11-25(37-2)12-14-26/h3-14,20H,15-19H2,1-2H3. The molecule has 0 N–H and O–H groups in total. The van der Waals surface area contributed by atoms with Crippen LogP contribution in [-0.2, 0) is 16.4 Å². The minimum Gasteiger partial charge on any atom is -0.497 e. The van der Waals surface area contributed by atoms with Crippen molar-refractivity contribution in [2.45, 2.75) is 18.2 Å². The number of piperazine rings is 1. The largest absolute Gasteiger partial charge is 0.497 e. The average Bonchev–Trinajstić information content (AvgIpc) is 2.94. The smallest absolute Gasteiger partial charge is 0.243 e. The number of benzene rings is 3. The summed E-state index contributed by atoms with van der Waals surface area (Å²) in [5.41, 5.74) is 3.51.